The second-order valence-electron chi connectivity index (χ2n) is 3.71. The highest BCUT2D eigenvalue weighted by atomic mass is 16.4. The third-order valence-electron chi connectivity index (χ3n) is 2.21. The summed E-state index contributed by atoms with van der Waals surface area (Å²) in [7, 11) is 0. The lowest BCUT2D eigenvalue weighted by Gasteiger charge is -1.92. The van der Waals surface area contributed by atoms with E-state index in [1.165, 1.54) is 48.5 Å². The van der Waals surface area contributed by atoms with Crippen molar-refractivity contribution >= 4 is 11.9 Å². The zero-order valence-electron chi connectivity index (χ0n) is 10.2. The van der Waals surface area contributed by atoms with Crippen molar-refractivity contribution in [3.63, 3.8) is 0 Å². The van der Waals surface area contributed by atoms with Crippen LogP contribution in [0.5, 0.6) is 11.5 Å². The molecule has 0 unspecified atom stereocenters. The number of carboxylic acids is 2. The molecule has 104 valence electrons. The molecule has 2 rings (SSSR count). The standard InChI is InChI=1S/2C7H6O3/c8-6-3-1-5(2-4-6)7(9)10;8-6-3-1-2-5(4-6)7(9)10/h2*1-4,8H,(H,9,10). The van der Waals surface area contributed by atoms with Gasteiger partial charge in [-0.25, -0.2) is 9.59 Å². The Morgan fingerprint density at radius 3 is 1.65 bits per heavy atom. The number of hydrogen-bond donors (Lipinski definition) is 4. The number of phenolic OH excluding ortho intramolecular Hbond substituents is 2. The van der Waals surface area contributed by atoms with E-state index < -0.39 is 11.9 Å². The molecule has 0 aliphatic heterocycles. The summed E-state index contributed by atoms with van der Waals surface area (Å²) in [5.74, 6) is -1.97. The monoisotopic (exact) mass is 276 g/mol. The number of aromatic hydroxyl groups is 2. The van der Waals surface area contributed by atoms with Crippen molar-refractivity contribution in [3.05, 3.63) is 59.7 Å². The first-order chi connectivity index (χ1) is 9.40. The number of phenols is 2. The van der Waals surface area contributed by atoms with Crippen LogP contribution in [0, 0.1) is 0 Å². The van der Waals surface area contributed by atoms with Gasteiger partial charge in [-0.05, 0) is 42.5 Å². The van der Waals surface area contributed by atoms with Crippen LogP contribution in [0.4, 0.5) is 0 Å². The van der Waals surface area contributed by atoms with Crippen LogP contribution in [0.25, 0.3) is 0 Å². The van der Waals surface area contributed by atoms with Gasteiger partial charge >= 0.3 is 11.9 Å². The molecule has 0 amide bonds. The summed E-state index contributed by atoms with van der Waals surface area (Å²) < 4.78 is 0. The summed E-state index contributed by atoms with van der Waals surface area (Å²) in [6.45, 7) is 0. The van der Waals surface area contributed by atoms with E-state index in [1.54, 1.807) is 0 Å². The van der Waals surface area contributed by atoms with Crippen LogP contribution >= 0.6 is 0 Å². The Kier molecular flexibility index (Phi) is 5.11. The third-order valence-corrected chi connectivity index (χ3v) is 2.21. The zero-order valence-corrected chi connectivity index (χ0v) is 10.2. The predicted octanol–water partition coefficient (Wildman–Crippen LogP) is 2.18. The van der Waals surface area contributed by atoms with Crippen molar-refractivity contribution in [2.24, 2.45) is 0 Å². The smallest absolute Gasteiger partial charge is 0.335 e. The van der Waals surface area contributed by atoms with Crippen molar-refractivity contribution in [1.82, 2.24) is 0 Å². The van der Waals surface area contributed by atoms with Gasteiger partial charge in [0.05, 0.1) is 11.1 Å². The van der Waals surface area contributed by atoms with Crippen molar-refractivity contribution in [2.75, 3.05) is 0 Å². The van der Waals surface area contributed by atoms with Gasteiger partial charge in [-0.15, -0.1) is 0 Å². The maximum atomic E-state index is 10.2. The summed E-state index contributed by atoms with van der Waals surface area (Å²) in [5, 5.41) is 34.3. The average molecular weight is 276 g/mol. The molecule has 0 saturated carbocycles. The molecule has 2 aromatic rings. The van der Waals surface area contributed by atoms with Gasteiger partial charge in [0.15, 0.2) is 0 Å². The van der Waals surface area contributed by atoms with E-state index in [9.17, 15) is 9.59 Å². The van der Waals surface area contributed by atoms with Gasteiger partial charge < -0.3 is 20.4 Å². The van der Waals surface area contributed by atoms with Crippen LogP contribution in [-0.4, -0.2) is 32.4 Å². The Balaban J connectivity index is 0.000000200. The van der Waals surface area contributed by atoms with Gasteiger partial charge in [0.1, 0.15) is 11.5 Å². The second-order valence-corrected chi connectivity index (χ2v) is 3.71. The Morgan fingerprint density at radius 2 is 1.25 bits per heavy atom. The molecule has 6 nitrogen and oxygen atoms in total. The highest BCUT2D eigenvalue weighted by Crippen LogP contribution is 2.10. The molecule has 0 bridgehead atoms. The van der Waals surface area contributed by atoms with Gasteiger partial charge in [0, 0.05) is 0 Å². The molecule has 0 aliphatic rings. The SMILES string of the molecule is O=C(O)c1ccc(O)cc1.O=C(O)c1cccc(O)c1. The van der Waals surface area contributed by atoms with Crippen LogP contribution in [0.2, 0.25) is 0 Å². The molecule has 0 aromatic heterocycles. The van der Waals surface area contributed by atoms with Crippen LogP contribution < -0.4 is 0 Å². The second kappa shape index (κ2) is 6.79. The summed E-state index contributed by atoms with van der Waals surface area (Å²) in [6.07, 6.45) is 0. The largest absolute Gasteiger partial charge is 0.508 e. The zero-order chi connectivity index (χ0) is 15.1. The van der Waals surface area contributed by atoms with Crippen LogP contribution in [0.15, 0.2) is 48.5 Å². The maximum absolute atomic E-state index is 10.2. The van der Waals surface area contributed by atoms with Crippen molar-refractivity contribution < 1.29 is 30.0 Å². The number of carbonyl (C=O) groups is 2. The molecular weight excluding hydrogens is 264 g/mol. The Hall–Kier alpha value is -3.02. The Morgan fingerprint density at radius 1 is 0.700 bits per heavy atom. The van der Waals surface area contributed by atoms with Gasteiger partial charge in [-0.2, -0.15) is 0 Å². The lowest BCUT2D eigenvalue weighted by molar-refractivity contribution is 0.0686. The molecule has 0 saturated heterocycles. The average Bonchev–Trinajstić information content (AvgIpc) is 2.40. The summed E-state index contributed by atoms with van der Waals surface area (Å²) in [6, 6.07) is 10.9. The molecule has 0 radical (unpaired) electrons. The van der Waals surface area contributed by atoms with E-state index in [1.807, 2.05) is 0 Å². The number of aromatic carboxylic acids is 2. The lowest BCUT2D eigenvalue weighted by Crippen LogP contribution is -1.94. The quantitative estimate of drug-likeness (QED) is 0.668. The molecule has 2 aromatic carbocycles. The van der Waals surface area contributed by atoms with Gasteiger partial charge in [-0.3, -0.25) is 0 Å². The van der Waals surface area contributed by atoms with Gasteiger partial charge in [0.25, 0.3) is 0 Å². The first-order valence-electron chi connectivity index (χ1n) is 5.45. The van der Waals surface area contributed by atoms with Crippen molar-refractivity contribution in [3.8, 4) is 11.5 Å². The van der Waals surface area contributed by atoms with E-state index in [2.05, 4.69) is 0 Å². The third kappa shape index (κ3) is 4.69. The fourth-order valence-electron chi connectivity index (χ4n) is 1.24. The predicted molar refractivity (Wildman–Crippen MR) is 70.1 cm³/mol. The van der Waals surface area contributed by atoms with E-state index in [0.29, 0.717) is 0 Å². The van der Waals surface area contributed by atoms with E-state index >= 15 is 0 Å². The highest BCUT2D eigenvalue weighted by Gasteiger charge is 2.00. The van der Waals surface area contributed by atoms with E-state index in [-0.39, 0.29) is 22.6 Å². The van der Waals surface area contributed by atoms with Crippen LogP contribution in [-0.2, 0) is 0 Å². The fourth-order valence-corrected chi connectivity index (χ4v) is 1.24. The minimum absolute atomic E-state index is 0.0279. The highest BCUT2D eigenvalue weighted by molar-refractivity contribution is 5.88. The topological polar surface area (TPSA) is 115 Å². The Bertz CT molecular complexity index is 603. The maximum Gasteiger partial charge on any atom is 0.335 e. The van der Waals surface area contributed by atoms with E-state index in [4.69, 9.17) is 20.4 Å². The van der Waals surface area contributed by atoms with Crippen molar-refractivity contribution in [1.29, 1.82) is 0 Å². The molecule has 0 fully saturated rings. The first-order valence-corrected chi connectivity index (χ1v) is 5.45. The number of rotatable bonds is 2. The van der Waals surface area contributed by atoms with Crippen LogP contribution in [0.3, 0.4) is 0 Å². The van der Waals surface area contributed by atoms with Crippen LogP contribution in [0.1, 0.15) is 20.7 Å². The normalized spacial score (nSPS) is 9.20. The summed E-state index contributed by atoms with van der Waals surface area (Å²) >= 11 is 0. The molecule has 0 spiro atoms. The number of carboxylic acid groups (broad SMARTS) is 2. The lowest BCUT2D eigenvalue weighted by atomic mass is 10.2. The Labute approximate surface area is 114 Å². The van der Waals surface area contributed by atoms with Gasteiger partial charge in [0.2, 0.25) is 0 Å². The van der Waals surface area contributed by atoms with Crippen molar-refractivity contribution in [2.45, 2.75) is 0 Å². The summed E-state index contributed by atoms with van der Waals surface area (Å²) in [4.78, 5) is 20.5. The fraction of sp³-hybridized carbons (Fsp3) is 0. The van der Waals surface area contributed by atoms with E-state index in [0.717, 1.165) is 0 Å². The summed E-state index contributed by atoms with van der Waals surface area (Å²) in [5.41, 5.74) is 0.276. The number of hydrogen-bond acceptors (Lipinski definition) is 4. The molecule has 6 heteroatoms. The number of benzene rings is 2. The minimum atomic E-state index is -1.03. The molecule has 0 aliphatic carbocycles. The first kappa shape index (κ1) is 15.0. The van der Waals surface area contributed by atoms with Gasteiger partial charge in [-0.1, -0.05) is 6.07 Å². The molecule has 20 heavy (non-hydrogen) atoms. The minimum Gasteiger partial charge on any atom is -0.508 e. The molecule has 4 N–H and O–H groups in total. The molecular formula is C14H12O6. The molecule has 0 heterocycles. The molecule has 0 atom stereocenters.